The first-order valence-corrected chi connectivity index (χ1v) is 7.84. The van der Waals surface area contributed by atoms with Crippen LogP contribution in [-0.2, 0) is 0 Å². The van der Waals surface area contributed by atoms with Crippen LogP contribution in [0.5, 0.6) is 0 Å². The Bertz CT molecular complexity index is 537. The molecule has 1 atom stereocenters. The predicted octanol–water partition coefficient (Wildman–Crippen LogP) is 2.41. The summed E-state index contributed by atoms with van der Waals surface area (Å²) in [5, 5.41) is 18.5. The van der Waals surface area contributed by atoms with E-state index in [2.05, 4.69) is 10.4 Å². The molecule has 0 aliphatic carbocycles. The van der Waals surface area contributed by atoms with Gasteiger partial charge in [-0.1, -0.05) is 13.8 Å². The molecule has 0 spiro atoms. The average Bonchev–Trinajstić information content (AvgIpc) is 2.93. The molecule has 1 aliphatic rings. The SMILES string of the molecule is CC1=NN(c2ccc(C(=O)NC(CCO)C(C)C)cc2)CC1. The second-order valence-electron chi connectivity index (χ2n) is 6.09. The van der Waals surface area contributed by atoms with E-state index in [9.17, 15) is 4.79 Å². The molecule has 0 aromatic heterocycles. The maximum absolute atomic E-state index is 12.3. The van der Waals surface area contributed by atoms with E-state index < -0.39 is 0 Å². The van der Waals surface area contributed by atoms with Crippen molar-refractivity contribution in [3.8, 4) is 0 Å². The summed E-state index contributed by atoms with van der Waals surface area (Å²) in [5.74, 6) is 0.192. The normalized spacial score (nSPS) is 15.9. The number of hydrazone groups is 1. The summed E-state index contributed by atoms with van der Waals surface area (Å²) in [6.45, 7) is 7.07. The van der Waals surface area contributed by atoms with E-state index in [-0.39, 0.29) is 24.5 Å². The zero-order chi connectivity index (χ0) is 16.1. The molecule has 120 valence electrons. The van der Waals surface area contributed by atoms with Gasteiger partial charge in [0.05, 0.1) is 5.69 Å². The number of anilines is 1. The third-order valence-electron chi connectivity index (χ3n) is 3.97. The van der Waals surface area contributed by atoms with Gasteiger partial charge in [-0.15, -0.1) is 0 Å². The number of amides is 1. The van der Waals surface area contributed by atoms with Gasteiger partial charge >= 0.3 is 0 Å². The van der Waals surface area contributed by atoms with Crippen molar-refractivity contribution < 1.29 is 9.90 Å². The Morgan fingerprint density at radius 2 is 2.05 bits per heavy atom. The van der Waals surface area contributed by atoms with Crippen molar-refractivity contribution >= 4 is 17.3 Å². The van der Waals surface area contributed by atoms with Gasteiger partial charge in [-0.25, -0.2) is 0 Å². The highest BCUT2D eigenvalue weighted by Gasteiger charge is 2.17. The quantitative estimate of drug-likeness (QED) is 0.848. The third kappa shape index (κ3) is 4.07. The van der Waals surface area contributed by atoms with Crippen molar-refractivity contribution in [3.63, 3.8) is 0 Å². The molecule has 1 aromatic rings. The highest BCUT2D eigenvalue weighted by Crippen LogP contribution is 2.20. The molecule has 1 unspecified atom stereocenters. The van der Waals surface area contributed by atoms with Crippen LogP contribution >= 0.6 is 0 Å². The van der Waals surface area contributed by atoms with Crippen molar-refractivity contribution in [1.82, 2.24) is 5.32 Å². The largest absolute Gasteiger partial charge is 0.396 e. The second-order valence-corrected chi connectivity index (χ2v) is 6.09. The minimum absolute atomic E-state index is 0.0111. The van der Waals surface area contributed by atoms with Crippen LogP contribution in [0.3, 0.4) is 0 Å². The molecule has 22 heavy (non-hydrogen) atoms. The Kier molecular flexibility index (Phi) is 5.55. The molecule has 1 amide bonds. The summed E-state index contributed by atoms with van der Waals surface area (Å²) in [6, 6.07) is 7.48. The van der Waals surface area contributed by atoms with Crippen molar-refractivity contribution in [1.29, 1.82) is 0 Å². The third-order valence-corrected chi connectivity index (χ3v) is 3.97. The van der Waals surface area contributed by atoms with Crippen LogP contribution in [0, 0.1) is 5.92 Å². The average molecular weight is 303 g/mol. The lowest BCUT2D eigenvalue weighted by molar-refractivity contribution is 0.0916. The van der Waals surface area contributed by atoms with Gasteiger partial charge < -0.3 is 10.4 Å². The maximum atomic E-state index is 12.3. The predicted molar refractivity (Wildman–Crippen MR) is 89.3 cm³/mol. The number of aliphatic hydroxyl groups is 1. The summed E-state index contributed by atoms with van der Waals surface area (Å²) in [4.78, 5) is 12.3. The highest BCUT2D eigenvalue weighted by molar-refractivity contribution is 5.94. The van der Waals surface area contributed by atoms with Gasteiger partial charge in [-0.2, -0.15) is 5.10 Å². The van der Waals surface area contributed by atoms with Crippen LogP contribution in [0.2, 0.25) is 0 Å². The summed E-state index contributed by atoms with van der Waals surface area (Å²) >= 11 is 0. The van der Waals surface area contributed by atoms with Crippen LogP contribution < -0.4 is 10.3 Å². The van der Waals surface area contributed by atoms with Crippen LogP contribution in [0.4, 0.5) is 5.69 Å². The lowest BCUT2D eigenvalue weighted by Crippen LogP contribution is -2.39. The summed E-state index contributed by atoms with van der Waals surface area (Å²) in [6.07, 6.45) is 1.56. The first kappa shape index (κ1) is 16.5. The molecular formula is C17H25N3O2. The fourth-order valence-corrected chi connectivity index (χ4v) is 2.51. The fraction of sp³-hybridized carbons (Fsp3) is 0.529. The van der Waals surface area contributed by atoms with Crippen molar-refractivity contribution in [2.45, 2.75) is 39.7 Å². The Morgan fingerprint density at radius 1 is 1.36 bits per heavy atom. The van der Waals surface area contributed by atoms with Gasteiger partial charge in [0.2, 0.25) is 0 Å². The van der Waals surface area contributed by atoms with Gasteiger partial charge in [-0.3, -0.25) is 9.80 Å². The Balaban J connectivity index is 2.02. The Hall–Kier alpha value is -1.88. The molecule has 0 saturated carbocycles. The molecule has 0 bridgehead atoms. The number of nitrogens with zero attached hydrogens (tertiary/aromatic N) is 2. The van der Waals surface area contributed by atoms with E-state index in [0.717, 1.165) is 24.4 Å². The van der Waals surface area contributed by atoms with E-state index in [1.54, 1.807) is 0 Å². The monoisotopic (exact) mass is 303 g/mol. The molecule has 0 fully saturated rings. The van der Waals surface area contributed by atoms with Gasteiger partial charge in [0, 0.05) is 36.9 Å². The van der Waals surface area contributed by atoms with E-state index in [4.69, 9.17) is 5.11 Å². The maximum Gasteiger partial charge on any atom is 0.251 e. The van der Waals surface area contributed by atoms with Crippen LogP contribution in [0.1, 0.15) is 44.0 Å². The topological polar surface area (TPSA) is 64.9 Å². The summed E-state index contributed by atoms with van der Waals surface area (Å²) in [7, 11) is 0. The number of hydrogen-bond donors (Lipinski definition) is 2. The van der Waals surface area contributed by atoms with Crippen LogP contribution in [0.15, 0.2) is 29.4 Å². The lowest BCUT2D eigenvalue weighted by atomic mass is 10.0. The van der Waals surface area contributed by atoms with Crippen molar-refractivity contribution in [2.24, 2.45) is 11.0 Å². The lowest BCUT2D eigenvalue weighted by Gasteiger charge is -2.21. The number of hydrogen-bond acceptors (Lipinski definition) is 4. The van der Waals surface area contributed by atoms with E-state index >= 15 is 0 Å². The molecule has 2 rings (SSSR count). The summed E-state index contributed by atoms with van der Waals surface area (Å²) in [5.41, 5.74) is 2.77. The molecule has 2 N–H and O–H groups in total. The molecule has 1 heterocycles. The van der Waals surface area contributed by atoms with Gasteiger partial charge in [0.1, 0.15) is 0 Å². The molecule has 5 heteroatoms. The zero-order valence-corrected chi connectivity index (χ0v) is 13.5. The molecule has 0 radical (unpaired) electrons. The fourth-order valence-electron chi connectivity index (χ4n) is 2.51. The van der Waals surface area contributed by atoms with Crippen molar-refractivity contribution in [2.75, 3.05) is 18.2 Å². The first-order valence-electron chi connectivity index (χ1n) is 7.84. The number of nitrogens with one attached hydrogen (secondary N) is 1. The first-order chi connectivity index (χ1) is 10.5. The number of carbonyl (C=O) groups is 1. The Labute approximate surface area is 132 Å². The van der Waals surface area contributed by atoms with Crippen LogP contribution in [-0.4, -0.2) is 35.9 Å². The smallest absolute Gasteiger partial charge is 0.251 e. The molecule has 1 aromatic carbocycles. The van der Waals surface area contributed by atoms with Crippen molar-refractivity contribution in [3.05, 3.63) is 29.8 Å². The highest BCUT2D eigenvalue weighted by atomic mass is 16.3. The minimum Gasteiger partial charge on any atom is -0.396 e. The standard InChI is InChI=1S/C17H25N3O2/c1-12(2)16(9-11-21)18-17(22)14-4-6-15(7-5-14)20-10-8-13(3)19-20/h4-7,12,16,21H,8-11H2,1-3H3,(H,18,22). The summed E-state index contributed by atoms with van der Waals surface area (Å²) < 4.78 is 0. The molecule has 1 aliphatic heterocycles. The van der Waals surface area contributed by atoms with Gasteiger partial charge in [-0.05, 0) is 43.5 Å². The molecule has 0 saturated heterocycles. The van der Waals surface area contributed by atoms with Gasteiger partial charge in [0.25, 0.3) is 5.91 Å². The second kappa shape index (κ2) is 7.40. The van der Waals surface area contributed by atoms with E-state index in [1.165, 1.54) is 0 Å². The molecule has 5 nitrogen and oxygen atoms in total. The number of aliphatic hydroxyl groups excluding tert-OH is 1. The van der Waals surface area contributed by atoms with Gasteiger partial charge in [0.15, 0.2) is 0 Å². The number of carbonyl (C=O) groups excluding carboxylic acids is 1. The van der Waals surface area contributed by atoms with Crippen LogP contribution in [0.25, 0.3) is 0 Å². The minimum atomic E-state index is -0.0974. The molecular weight excluding hydrogens is 278 g/mol. The van der Waals surface area contributed by atoms with E-state index in [1.807, 2.05) is 50.0 Å². The Morgan fingerprint density at radius 3 is 2.55 bits per heavy atom. The van der Waals surface area contributed by atoms with E-state index in [0.29, 0.717) is 12.0 Å². The number of benzene rings is 1. The number of rotatable bonds is 6. The zero-order valence-electron chi connectivity index (χ0n) is 13.5.